The predicted molar refractivity (Wildman–Crippen MR) is 87.9 cm³/mol. The topological polar surface area (TPSA) is 80.6 Å². The van der Waals surface area contributed by atoms with E-state index >= 15 is 0 Å². The number of aliphatic carboxylic acids is 1. The molecule has 0 aliphatic rings. The summed E-state index contributed by atoms with van der Waals surface area (Å²) in [6.45, 7) is 3.59. The zero-order valence-corrected chi connectivity index (χ0v) is 13.6. The lowest BCUT2D eigenvalue weighted by atomic mass is 10.1. The molecule has 0 saturated heterocycles. The van der Waals surface area contributed by atoms with Crippen molar-refractivity contribution >= 4 is 22.8 Å². The van der Waals surface area contributed by atoms with Crippen molar-refractivity contribution in [1.82, 2.24) is 9.88 Å². The van der Waals surface area contributed by atoms with E-state index in [-0.39, 0.29) is 11.9 Å². The number of carboxylic acid groups (broad SMARTS) is 1. The van der Waals surface area contributed by atoms with E-state index in [1.54, 1.807) is 14.0 Å². The highest BCUT2D eigenvalue weighted by Crippen LogP contribution is 2.28. The number of rotatable bonds is 5. The first-order chi connectivity index (χ1) is 10.8. The minimum Gasteiger partial charge on any atom is -0.497 e. The number of hydrogen-bond acceptors (Lipinski definition) is 3. The van der Waals surface area contributed by atoms with Gasteiger partial charge in [0, 0.05) is 35.8 Å². The first kappa shape index (κ1) is 16.6. The first-order valence-electron chi connectivity index (χ1n) is 7.20. The monoisotopic (exact) mass is 316 g/mol. The Hall–Kier alpha value is -2.76. The smallest absolute Gasteiger partial charge is 0.328 e. The van der Waals surface area contributed by atoms with Crippen molar-refractivity contribution in [3.8, 4) is 5.75 Å². The zero-order valence-electron chi connectivity index (χ0n) is 13.6. The van der Waals surface area contributed by atoms with E-state index in [1.807, 2.05) is 36.7 Å². The van der Waals surface area contributed by atoms with Crippen LogP contribution in [0, 0.1) is 6.92 Å². The number of fused-ring (bicyclic) bond motifs is 1. The standard InChI is InChI=1S/C17H20N2O4/c1-10(5-8-15(20)21)18-17(22)16-11(2)19(3)14-7-6-12(23-4)9-13(14)16/h5-10H,1-4H3,(H,18,22)(H,20,21)/b8-5+. The van der Waals surface area contributed by atoms with E-state index in [0.717, 1.165) is 22.7 Å². The second kappa shape index (κ2) is 6.56. The second-order valence-corrected chi connectivity index (χ2v) is 5.36. The summed E-state index contributed by atoms with van der Waals surface area (Å²) in [6.07, 6.45) is 2.45. The van der Waals surface area contributed by atoms with Crippen molar-refractivity contribution in [2.24, 2.45) is 7.05 Å². The van der Waals surface area contributed by atoms with Gasteiger partial charge in [-0.05, 0) is 32.0 Å². The third kappa shape index (κ3) is 3.36. The van der Waals surface area contributed by atoms with E-state index in [1.165, 1.54) is 6.08 Å². The Morgan fingerprint density at radius 2 is 2.09 bits per heavy atom. The van der Waals surface area contributed by atoms with Gasteiger partial charge in [-0.2, -0.15) is 0 Å². The molecule has 122 valence electrons. The van der Waals surface area contributed by atoms with Gasteiger partial charge < -0.3 is 19.7 Å². The van der Waals surface area contributed by atoms with Crippen LogP contribution in [0.25, 0.3) is 10.9 Å². The zero-order chi connectivity index (χ0) is 17.1. The molecule has 1 amide bonds. The average molecular weight is 316 g/mol. The SMILES string of the molecule is COc1ccc2c(c1)c(C(=O)NC(C)/C=C/C(=O)O)c(C)n2C. The van der Waals surface area contributed by atoms with E-state index in [9.17, 15) is 9.59 Å². The van der Waals surface area contributed by atoms with Gasteiger partial charge in [0.25, 0.3) is 5.91 Å². The molecule has 2 rings (SSSR count). The van der Waals surface area contributed by atoms with Gasteiger partial charge in [-0.15, -0.1) is 0 Å². The number of amides is 1. The lowest BCUT2D eigenvalue weighted by Crippen LogP contribution is -2.31. The summed E-state index contributed by atoms with van der Waals surface area (Å²) < 4.78 is 7.18. The highest BCUT2D eigenvalue weighted by molar-refractivity contribution is 6.09. The lowest BCUT2D eigenvalue weighted by molar-refractivity contribution is -0.131. The van der Waals surface area contributed by atoms with Gasteiger partial charge >= 0.3 is 5.97 Å². The molecule has 6 heteroatoms. The molecule has 1 unspecified atom stereocenters. The Morgan fingerprint density at radius 3 is 2.70 bits per heavy atom. The molecule has 2 aromatic rings. The summed E-state index contributed by atoms with van der Waals surface area (Å²) in [4.78, 5) is 23.1. The number of nitrogens with zero attached hydrogens (tertiary/aromatic N) is 1. The van der Waals surface area contributed by atoms with Gasteiger partial charge in [-0.1, -0.05) is 6.08 Å². The third-order valence-corrected chi connectivity index (χ3v) is 3.81. The number of nitrogens with one attached hydrogen (secondary N) is 1. The minimum absolute atomic E-state index is 0.246. The van der Waals surface area contributed by atoms with Crippen LogP contribution in [0.15, 0.2) is 30.4 Å². The largest absolute Gasteiger partial charge is 0.497 e. The summed E-state index contributed by atoms with van der Waals surface area (Å²) in [5.41, 5.74) is 2.33. The van der Waals surface area contributed by atoms with Crippen molar-refractivity contribution < 1.29 is 19.4 Å². The quantitative estimate of drug-likeness (QED) is 0.829. The molecule has 1 heterocycles. The molecule has 0 saturated carbocycles. The number of hydrogen-bond donors (Lipinski definition) is 2. The molecular weight excluding hydrogens is 296 g/mol. The van der Waals surface area contributed by atoms with Gasteiger partial charge in [0.05, 0.1) is 12.7 Å². The number of ether oxygens (including phenoxy) is 1. The number of carbonyl (C=O) groups is 2. The van der Waals surface area contributed by atoms with Crippen LogP contribution in [0.4, 0.5) is 0 Å². The number of carbonyl (C=O) groups excluding carboxylic acids is 1. The normalized spacial score (nSPS) is 12.5. The molecule has 0 spiro atoms. The Balaban J connectivity index is 2.40. The third-order valence-electron chi connectivity index (χ3n) is 3.81. The number of aromatic nitrogens is 1. The average Bonchev–Trinajstić information content (AvgIpc) is 2.76. The molecule has 23 heavy (non-hydrogen) atoms. The Morgan fingerprint density at radius 1 is 1.39 bits per heavy atom. The maximum Gasteiger partial charge on any atom is 0.328 e. The van der Waals surface area contributed by atoms with Crippen LogP contribution in [0.1, 0.15) is 23.0 Å². The van der Waals surface area contributed by atoms with Crippen molar-refractivity contribution in [1.29, 1.82) is 0 Å². The van der Waals surface area contributed by atoms with Crippen LogP contribution in [0.5, 0.6) is 5.75 Å². The number of carboxylic acids is 1. The predicted octanol–water partition coefficient (Wildman–Crippen LogP) is 2.25. The number of methoxy groups -OCH3 is 1. The van der Waals surface area contributed by atoms with Gasteiger partial charge in [0.2, 0.25) is 0 Å². The van der Waals surface area contributed by atoms with Crippen molar-refractivity contribution in [3.05, 3.63) is 41.6 Å². The maximum absolute atomic E-state index is 12.6. The van der Waals surface area contributed by atoms with E-state index < -0.39 is 5.97 Å². The summed E-state index contributed by atoms with van der Waals surface area (Å²) in [7, 11) is 3.48. The van der Waals surface area contributed by atoms with Crippen LogP contribution < -0.4 is 10.1 Å². The van der Waals surface area contributed by atoms with E-state index in [2.05, 4.69) is 5.32 Å². The van der Waals surface area contributed by atoms with Gasteiger partial charge in [-0.25, -0.2) is 4.79 Å². The van der Waals surface area contributed by atoms with Gasteiger partial charge in [0.1, 0.15) is 5.75 Å². The van der Waals surface area contributed by atoms with Crippen molar-refractivity contribution in [2.45, 2.75) is 19.9 Å². The van der Waals surface area contributed by atoms with E-state index in [0.29, 0.717) is 11.3 Å². The Bertz CT molecular complexity index is 789. The van der Waals surface area contributed by atoms with E-state index in [4.69, 9.17) is 9.84 Å². The molecule has 1 aromatic heterocycles. The molecule has 0 fully saturated rings. The fourth-order valence-corrected chi connectivity index (χ4v) is 2.52. The van der Waals surface area contributed by atoms with Crippen LogP contribution in [0.3, 0.4) is 0 Å². The molecule has 6 nitrogen and oxygen atoms in total. The summed E-state index contributed by atoms with van der Waals surface area (Å²) in [5.74, 6) is -0.614. The molecule has 0 radical (unpaired) electrons. The van der Waals surface area contributed by atoms with Crippen LogP contribution >= 0.6 is 0 Å². The number of aryl methyl sites for hydroxylation is 1. The van der Waals surface area contributed by atoms with Gasteiger partial charge in [0.15, 0.2) is 0 Å². The van der Waals surface area contributed by atoms with Crippen LogP contribution in [-0.2, 0) is 11.8 Å². The molecule has 0 aliphatic heterocycles. The fourth-order valence-electron chi connectivity index (χ4n) is 2.52. The maximum atomic E-state index is 12.6. The summed E-state index contributed by atoms with van der Waals surface area (Å²) in [5, 5.41) is 12.2. The lowest BCUT2D eigenvalue weighted by Gasteiger charge is -2.10. The molecule has 1 aromatic carbocycles. The highest BCUT2D eigenvalue weighted by Gasteiger charge is 2.19. The molecule has 1 atom stereocenters. The first-order valence-corrected chi connectivity index (χ1v) is 7.20. The fraction of sp³-hybridized carbons (Fsp3) is 0.294. The molecule has 0 bridgehead atoms. The van der Waals surface area contributed by atoms with Gasteiger partial charge in [-0.3, -0.25) is 4.79 Å². The highest BCUT2D eigenvalue weighted by atomic mass is 16.5. The second-order valence-electron chi connectivity index (χ2n) is 5.36. The minimum atomic E-state index is -1.04. The molecule has 2 N–H and O–H groups in total. The Labute approximate surface area is 134 Å². The van der Waals surface area contributed by atoms with Crippen molar-refractivity contribution in [2.75, 3.05) is 7.11 Å². The Kier molecular flexibility index (Phi) is 4.74. The number of benzene rings is 1. The van der Waals surface area contributed by atoms with Crippen LogP contribution in [0.2, 0.25) is 0 Å². The molecule has 0 aliphatic carbocycles. The van der Waals surface area contributed by atoms with Crippen molar-refractivity contribution in [3.63, 3.8) is 0 Å². The van der Waals surface area contributed by atoms with Crippen LogP contribution in [-0.4, -0.2) is 34.7 Å². The summed E-state index contributed by atoms with van der Waals surface area (Å²) >= 11 is 0. The molecular formula is C17H20N2O4. The summed E-state index contributed by atoms with van der Waals surface area (Å²) in [6, 6.07) is 5.20.